The molecule has 0 aliphatic heterocycles. The van der Waals surface area contributed by atoms with Crippen LogP contribution in [0.25, 0.3) is 33.7 Å². The second-order valence-corrected chi connectivity index (χ2v) is 6.03. The largest absolute Gasteiger partial charge is 0.418 e. The Bertz CT molecular complexity index is 1150. The number of benzene rings is 3. The highest BCUT2D eigenvalue weighted by Gasteiger charge is 2.33. The summed E-state index contributed by atoms with van der Waals surface area (Å²) in [5.74, 6) is 0.182. The molecule has 0 saturated carbocycles. The molecule has 0 amide bonds. The molecular weight excluding hydrogens is 357 g/mol. The maximum absolute atomic E-state index is 13.0. The van der Waals surface area contributed by atoms with Crippen molar-refractivity contribution in [1.82, 2.24) is 10.2 Å². The van der Waals surface area contributed by atoms with Crippen LogP contribution in [-0.2, 0) is 6.18 Å². The van der Waals surface area contributed by atoms with Crippen LogP contribution in [0.5, 0.6) is 0 Å². The number of fused-ring (bicyclic) bond motifs is 1. The van der Waals surface area contributed by atoms with Crippen LogP contribution >= 0.6 is 0 Å². The van der Waals surface area contributed by atoms with Crippen LogP contribution in [0.15, 0.2) is 59.0 Å². The van der Waals surface area contributed by atoms with E-state index < -0.39 is 11.7 Å². The maximum Gasteiger partial charge on any atom is 0.418 e. The standard InChI is InChI=1S/C19H13F3N4O/c20-19(21,22)15-9-13(4-6-16(15)24)18-26-25-17(27-18)12-2-1-11-8-14(23)5-3-10(11)7-12/h1-9H,23-24H2. The fourth-order valence-corrected chi connectivity index (χ4v) is 2.79. The molecule has 5 nitrogen and oxygen atoms in total. The predicted molar refractivity (Wildman–Crippen MR) is 96.5 cm³/mol. The van der Waals surface area contributed by atoms with Crippen molar-refractivity contribution in [2.75, 3.05) is 11.5 Å². The quantitative estimate of drug-likeness (QED) is 0.497. The van der Waals surface area contributed by atoms with Crippen molar-refractivity contribution >= 4 is 22.1 Å². The lowest BCUT2D eigenvalue weighted by molar-refractivity contribution is -0.136. The molecule has 8 heteroatoms. The Morgan fingerprint density at radius 1 is 0.741 bits per heavy atom. The zero-order valence-electron chi connectivity index (χ0n) is 13.8. The van der Waals surface area contributed by atoms with Gasteiger partial charge in [0.2, 0.25) is 11.8 Å². The molecule has 0 aliphatic carbocycles. The Labute approximate surface area is 151 Å². The summed E-state index contributed by atoms with van der Waals surface area (Å²) < 4.78 is 44.7. The molecule has 4 rings (SSSR count). The van der Waals surface area contributed by atoms with Gasteiger partial charge in [-0.05, 0) is 53.2 Å². The summed E-state index contributed by atoms with van der Waals surface area (Å²) in [6.07, 6.45) is -4.57. The van der Waals surface area contributed by atoms with Crippen molar-refractivity contribution in [3.63, 3.8) is 0 Å². The van der Waals surface area contributed by atoms with Gasteiger partial charge in [-0.15, -0.1) is 10.2 Å². The lowest BCUT2D eigenvalue weighted by Crippen LogP contribution is -2.08. The number of nitrogens with zero attached hydrogens (tertiary/aromatic N) is 2. The van der Waals surface area contributed by atoms with E-state index in [1.807, 2.05) is 24.3 Å². The molecule has 1 heterocycles. The molecule has 1 aromatic heterocycles. The molecule has 0 atom stereocenters. The number of hydrogen-bond donors (Lipinski definition) is 2. The fourth-order valence-electron chi connectivity index (χ4n) is 2.79. The van der Waals surface area contributed by atoms with E-state index in [4.69, 9.17) is 15.9 Å². The molecule has 0 bridgehead atoms. The summed E-state index contributed by atoms with van der Waals surface area (Å²) in [6.45, 7) is 0. The van der Waals surface area contributed by atoms with Crippen LogP contribution in [-0.4, -0.2) is 10.2 Å². The number of hydrogen-bond acceptors (Lipinski definition) is 5. The van der Waals surface area contributed by atoms with Crippen molar-refractivity contribution in [2.24, 2.45) is 0 Å². The minimum Gasteiger partial charge on any atom is -0.416 e. The Kier molecular flexibility index (Phi) is 3.76. The van der Waals surface area contributed by atoms with Gasteiger partial charge >= 0.3 is 6.18 Å². The first kappa shape index (κ1) is 16.9. The Morgan fingerprint density at radius 2 is 1.33 bits per heavy atom. The van der Waals surface area contributed by atoms with Crippen molar-refractivity contribution < 1.29 is 17.6 Å². The highest BCUT2D eigenvalue weighted by atomic mass is 19.4. The normalized spacial score (nSPS) is 11.8. The molecular formula is C19H13F3N4O. The van der Waals surface area contributed by atoms with E-state index in [2.05, 4.69) is 10.2 Å². The van der Waals surface area contributed by atoms with Gasteiger partial charge in [0.1, 0.15) is 0 Å². The van der Waals surface area contributed by atoms with Crippen LogP contribution in [0.4, 0.5) is 24.5 Å². The lowest BCUT2D eigenvalue weighted by atomic mass is 10.1. The number of nitrogens with two attached hydrogens (primary N) is 2. The summed E-state index contributed by atoms with van der Waals surface area (Å²) in [7, 11) is 0. The molecule has 4 aromatic rings. The molecule has 27 heavy (non-hydrogen) atoms. The van der Waals surface area contributed by atoms with Crippen molar-refractivity contribution in [2.45, 2.75) is 6.18 Å². The molecule has 4 N–H and O–H groups in total. The summed E-state index contributed by atoms with van der Waals surface area (Å²) in [4.78, 5) is 0. The zero-order valence-corrected chi connectivity index (χ0v) is 13.8. The summed E-state index contributed by atoms with van der Waals surface area (Å²) in [5, 5.41) is 9.69. The highest BCUT2D eigenvalue weighted by molar-refractivity contribution is 5.88. The molecule has 0 spiro atoms. The van der Waals surface area contributed by atoms with Gasteiger partial charge in [0.05, 0.1) is 5.56 Å². The first-order valence-corrected chi connectivity index (χ1v) is 7.91. The van der Waals surface area contributed by atoms with Gasteiger partial charge in [-0.3, -0.25) is 0 Å². The van der Waals surface area contributed by atoms with Gasteiger partial charge in [0.25, 0.3) is 0 Å². The van der Waals surface area contributed by atoms with Crippen molar-refractivity contribution in [3.8, 4) is 22.9 Å². The van der Waals surface area contributed by atoms with Crippen molar-refractivity contribution in [3.05, 3.63) is 60.2 Å². The highest BCUT2D eigenvalue weighted by Crippen LogP contribution is 2.36. The van der Waals surface area contributed by atoms with E-state index in [9.17, 15) is 13.2 Å². The molecule has 0 unspecified atom stereocenters. The van der Waals surface area contributed by atoms with E-state index in [0.717, 1.165) is 16.8 Å². The first-order chi connectivity index (χ1) is 12.8. The third-order valence-electron chi connectivity index (χ3n) is 4.14. The summed E-state index contributed by atoms with van der Waals surface area (Å²) in [5.41, 5.74) is 11.3. The van der Waals surface area contributed by atoms with E-state index >= 15 is 0 Å². The second-order valence-electron chi connectivity index (χ2n) is 6.03. The number of halogens is 3. The monoisotopic (exact) mass is 370 g/mol. The van der Waals surface area contributed by atoms with E-state index in [-0.39, 0.29) is 23.0 Å². The summed E-state index contributed by atoms with van der Waals surface area (Å²) >= 11 is 0. The number of anilines is 2. The number of rotatable bonds is 2. The van der Waals surface area contributed by atoms with E-state index in [0.29, 0.717) is 11.3 Å². The van der Waals surface area contributed by atoms with E-state index in [1.165, 1.54) is 12.1 Å². The van der Waals surface area contributed by atoms with Gasteiger partial charge in [-0.25, -0.2) is 0 Å². The van der Waals surface area contributed by atoms with Gasteiger partial charge in [0.15, 0.2) is 0 Å². The van der Waals surface area contributed by atoms with Crippen LogP contribution in [0, 0.1) is 0 Å². The van der Waals surface area contributed by atoms with Crippen LogP contribution in [0.3, 0.4) is 0 Å². The van der Waals surface area contributed by atoms with Crippen LogP contribution in [0.2, 0.25) is 0 Å². The molecule has 0 fully saturated rings. The average molecular weight is 370 g/mol. The molecule has 0 radical (unpaired) electrons. The molecule has 3 aromatic carbocycles. The number of aromatic nitrogens is 2. The van der Waals surface area contributed by atoms with Gasteiger partial charge in [0, 0.05) is 22.5 Å². The Balaban J connectivity index is 1.73. The van der Waals surface area contributed by atoms with Crippen LogP contribution < -0.4 is 11.5 Å². The fraction of sp³-hybridized carbons (Fsp3) is 0.0526. The second kappa shape index (κ2) is 6.01. The minimum absolute atomic E-state index is 0.0205. The molecule has 0 aliphatic rings. The SMILES string of the molecule is Nc1ccc2cc(-c3nnc(-c4ccc(N)c(C(F)(F)F)c4)o3)ccc2c1. The molecule has 0 saturated heterocycles. The van der Waals surface area contributed by atoms with Crippen LogP contribution in [0.1, 0.15) is 5.56 Å². The smallest absolute Gasteiger partial charge is 0.416 e. The first-order valence-electron chi connectivity index (χ1n) is 7.91. The van der Waals surface area contributed by atoms with Gasteiger partial charge in [-0.2, -0.15) is 13.2 Å². The lowest BCUT2D eigenvalue weighted by Gasteiger charge is -2.10. The van der Waals surface area contributed by atoms with Gasteiger partial charge in [-0.1, -0.05) is 12.1 Å². The minimum atomic E-state index is -4.57. The zero-order chi connectivity index (χ0) is 19.2. The number of nitrogen functional groups attached to an aromatic ring is 2. The third kappa shape index (κ3) is 3.17. The average Bonchev–Trinajstić information content (AvgIpc) is 3.11. The Hall–Kier alpha value is -3.55. The third-order valence-corrected chi connectivity index (χ3v) is 4.14. The predicted octanol–water partition coefficient (Wildman–Crippen LogP) is 4.74. The topological polar surface area (TPSA) is 91.0 Å². The number of alkyl halides is 3. The molecule has 136 valence electrons. The van der Waals surface area contributed by atoms with E-state index in [1.54, 1.807) is 12.1 Å². The maximum atomic E-state index is 13.0. The summed E-state index contributed by atoms with van der Waals surface area (Å²) in [6, 6.07) is 14.4. The van der Waals surface area contributed by atoms with Gasteiger partial charge < -0.3 is 15.9 Å². The Morgan fingerprint density at radius 3 is 2.04 bits per heavy atom. The van der Waals surface area contributed by atoms with Crippen molar-refractivity contribution in [1.29, 1.82) is 0 Å².